The van der Waals surface area contributed by atoms with E-state index in [-0.39, 0.29) is 24.3 Å². The van der Waals surface area contributed by atoms with Crippen molar-refractivity contribution < 1.29 is 63.3 Å². The quantitative estimate of drug-likeness (QED) is 0.0555. The maximum Gasteiger partial charge on any atom is 0.469 e. The summed E-state index contributed by atoms with van der Waals surface area (Å²) < 4.78 is 20.2. The monoisotopic (exact) mass is 457 g/mol. The molecule has 5 atom stereocenters. The Morgan fingerprint density at radius 3 is 2.57 bits per heavy atom. The summed E-state index contributed by atoms with van der Waals surface area (Å²) >= 11 is 0. The maximum absolute atomic E-state index is 12.7. The Hall–Kier alpha value is -2.17. The van der Waals surface area contributed by atoms with Gasteiger partial charge in [-0.2, -0.15) is 0 Å². The number of ether oxygens (including phenoxy) is 1. The minimum absolute atomic E-state index is 0.0818. The van der Waals surface area contributed by atoms with E-state index in [4.69, 9.17) is 19.6 Å². The molecule has 0 saturated carbocycles. The lowest BCUT2D eigenvalue weighted by Gasteiger charge is -2.24. The fraction of sp³-hybridized carbons (Fsp3) is 0.692. The van der Waals surface area contributed by atoms with Crippen molar-refractivity contribution in [3.63, 3.8) is 0 Å². The summed E-state index contributed by atoms with van der Waals surface area (Å²) in [5, 5.41) is 40.4. The van der Waals surface area contributed by atoms with Crippen molar-refractivity contribution >= 4 is 32.1 Å². The molecular formula is C13H20N3O13P. The number of amides is 4. The van der Waals surface area contributed by atoms with Crippen molar-refractivity contribution in [3.8, 4) is 0 Å². The minimum Gasteiger partial charge on any atom is -0.480 e. The third kappa shape index (κ3) is 4.76. The van der Waals surface area contributed by atoms with Crippen LogP contribution in [-0.2, 0) is 28.2 Å². The van der Waals surface area contributed by atoms with Crippen LogP contribution in [0, 0.1) is 0 Å². The first-order valence-electron chi connectivity index (χ1n) is 8.37. The summed E-state index contributed by atoms with van der Waals surface area (Å²) in [6, 6.07) is -2.67. The Morgan fingerprint density at radius 2 is 2.03 bits per heavy atom. The van der Waals surface area contributed by atoms with E-state index in [1.807, 2.05) is 0 Å². The first kappa shape index (κ1) is 24.1. The van der Waals surface area contributed by atoms with Crippen molar-refractivity contribution in [3.05, 3.63) is 0 Å². The van der Waals surface area contributed by atoms with Gasteiger partial charge in [0.2, 0.25) is 6.41 Å². The van der Waals surface area contributed by atoms with Gasteiger partial charge in [0.05, 0.1) is 6.61 Å². The molecule has 0 aliphatic carbocycles. The molecule has 0 aromatic heterocycles. The van der Waals surface area contributed by atoms with E-state index in [1.165, 1.54) is 0 Å². The smallest absolute Gasteiger partial charge is 0.469 e. The van der Waals surface area contributed by atoms with Crippen LogP contribution in [-0.4, -0.2) is 108 Å². The molecule has 1 spiro atoms. The molecule has 2 heterocycles. The minimum atomic E-state index is -4.94. The first-order chi connectivity index (χ1) is 13.8. The molecule has 0 aromatic rings. The van der Waals surface area contributed by atoms with Crippen molar-refractivity contribution in [1.29, 1.82) is 0 Å². The number of nitrogens with zero attached hydrogens (tertiary/aromatic N) is 2. The van der Waals surface area contributed by atoms with Crippen LogP contribution >= 0.6 is 7.82 Å². The van der Waals surface area contributed by atoms with Gasteiger partial charge in [-0.25, -0.2) is 19.2 Å². The van der Waals surface area contributed by atoms with Gasteiger partial charge in [-0.1, -0.05) is 0 Å². The fourth-order valence-corrected chi connectivity index (χ4v) is 3.41. The molecule has 170 valence electrons. The number of carbonyl (C=O) groups is 4. The predicted molar refractivity (Wildman–Crippen MR) is 88.2 cm³/mol. The highest BCUT2D eigenvalue weighted by molar-refractivity contribution is 7.46. The van der Waals surface area contributed by atoms with Gasteiger partial charge in [-0.3, -0.25) is 29.5 Å². The third-order valence-electron chi connectivity index (χ3n) is 4.54. The molecule has 30 heavy (non-hydrogen) atoms. The highest BCUT2D eigenvalue weighted by Crippen LogP contribution is 2.39. The van der Waals surface area contributed by atoms with Crippen LogP contribution in [0.1, 0.15) is 12.8 Å². The normalized spacial score (nSPS) is 29.9. The molecular weight excluding hydrogens is 437 g/mol. The molecule has 7 N–H and O–H groups in total. The summed E-state index contributed by atoms with van der Waals surface area (Å²) in [5.41, 5.74) is -2.43. The zero-order valence-corrected chi connectivity index (χ0v) is 16.0. The molecule has 2 aliphatic heterocycles. The average Bonchev–Trinajstić information content (AvgIpc) is 3.03. The van der Waals surface area contributed by atoms with Gasteiger partial charge in [0, 0.05) is 6.54 Å². The SMILES string of the molecule is O=CN(O)[C@H](CCCN1C(=O)N[C@@]2(O[C@H](COP(=O)(O)O)[C@@H](O)[C@H]2O)C1=O)C(=O)O. The molecule has 2 saturated heterocycles. The van der Waals surface area contributed by atoms with Crippen molar-refractivity contribution in [2.45, 2.75) is 42.9 Å². The number of aliphatic hydroxyl groups is 2. The largest absolute Gasteiger partial charge is 0.480 e. The standard InChI is InChI=1S/C13H20N3O13P/c17-5-16(24)6(10(20)21)2-1-3-15-11(22)13(14-12(15)23)9(19)8(18)7(29-13)4-28-30(25,26)27/h5-9,18-19,24H,1-4H2,(H,14,23)(H,20,21)(H2,25,26,27)/t6-,7-,8-,9-,13+/m1/s1. The van der Waals surface area contributed by atoms with Crippen molar-refractivity contribution in [2.75, 3.05) is 13.2 Å². The van der Waals surface area contributed by atoms with E-state index in [9.17, 15) is 39.2 Å². The molecule has 2 rings (SSSR count). The summed E-state index contributed by atoms with van der Waals surface area (Å²) in [6.45, 7) is -1.29. The number of aliphatic carboxylic acids is 1. The average molecular weight is 457 g/mol. The Morgan fingerprint density at radius 1 is 1.40 bits per heavy atom. The topological polar surface area (TPSA) is 244 Å². The van der Waals surface area contributed by atoms with E-state index in [1.54, 1.807) is 0 Å². The van der Waals surface area contributed by atoms with Gasteiger partial charge < -0.3 is 29.8 Å². The molecule has 0 bridgehead atoms. The molecule has 17 heteroatoms. The van der Waals surface area contributed by atoms with E-state index in [2.05, 4.69) is 9.84 Å². The summed E-state index contributed by atoms with van der Waals surface area (Å²) in [6.07, 6.45) is -6.03. The Labute approximate surface area is 167 Å². The van der Waals surface area contributed by atoms with Gasteiger partial charge in [0.25, 0.3) is 11.6 Å². The maximum atomic E-state index is 12.7. The van der Waals surface area contributed by atoms with E-state index >= 15 is 0 Å². The van der Waals surface area contributed by atoms with Crippen molar-refractivity contribution in [1.82, 2.24) is 15.3 Å². The summed E-state index contributed by atoms with van der Waals surface area (Å²) in [7, 11) is -4.94. The Bertz CT molecular complexity index is 759. The van der Waals surface area contributed by atoms with Crippen LogP contribution in [0.5, 0.6) is 0 Å². The molecule has 2 fully saturated rings. The van der Waals surface area contributed by atoms with Crippen LogP contribution in [0.15, 0.2) is 0 Å². The number of carbonyl (C=O) groups excluding carboxylic acids is 3. The zero-order chi connectivity index (χ0) is 22.9. The first-order valence-corrected chi connectivity index (χ1v) is 9.90. The second-order valence-electron chi connectivity index (χ2n) is 6.48. The van der Waals surface area contributed by atoms with Crippen LogP contribution in [0.25, 0.3) is 0 Å². The number of hydroxylamine groups is 2. The van der Waals surface area contributed by atoms with Gasteiger partial charge in [0.15, 0.2) is 6.04 Å². The van der Waals surface area contributed by atoms with Crippen LogP contribution < -0.4 is 5.32 Å². The van der Waals surface area contributed by atoms with E-state index in [0.29, 0.717) is 4.90 Å². The predicted octanol–water partition coefficient (Wildman–Crippen LogP) is -3.45. The molecule has 0 unspecified atom stereocenters. The van der Waals surface area contributed by atoms with Crippen molar-refractivity contribution in [2.24, 2.45) is 0 Å². The summed E-state index contributed by atoms with van der Waals surface area (Å²) in [5.74, 6) is -2.66. The molecule has 16 nitrogen and oxygen atoms in total. The second kappa shape index (κ2) is 8.91. The highest BCUT2D eigenvalue weighted by Gasteiger charge is 2.65. The zero-order valence-electron chi connectivity index (χ0n) is 15.1. The van der Waals surface area contributed by atoms with Crippen LogP contribution in [0.2, 0.25) is 0 Å². The van der Waals surface area contributed by atoms with Crippen LogP contribution in [0.3, 0.4) is 0 Å². The molecule has 4 amide bonds. The molecule has 0 radical (unpaired) electrons. The summed E-state index contributed by atoms with van der Waals surface area (Å²) in [4.78, 5) is 64.4. The van der Waals surface area contributed by atoms with Gasteiger partial charge in [-0.05, 0) is 12.8 Å². The lowest BCUT2D eigenvalue weighted by Crippen LogP contribution is -2.56. The number of imide groups is 1. The lowest BCUT2D eigenvalue weighted by molar-refractivity contribution is -0.176. The molecule has 0 aromatic carbocycles. The van der Waals surface area contributed by atoms with E-state index < -0.39 is 69.0 Å². The highest BCUT2D eigenvalue weighted by atomic mass is 31.2. The number of rotatable bonds is 10. The van der Waals surface area contributed by atoms with Gasteiger partial charge in [-0.15, -0.1) is 0 Å². The number of nitrogens with one attached hydrogen (secondary N) is 1. The number of hydrogen-bond acceptors (Lipinski definition) is 10. The number of aliphatic hydroxyl groups excluding tert-OH is 2. The number of urea groups is 1. The Kier molecular flexibility index (Phi) is 7.16. The van der Waals surface area contributed by atoms with Gasteiger partial charge >= 0.3 is 19.8 Å². The second-order valence-corrected chi connectivity index (χ2v) is 7.72. The van der Waals surface area contributed by atoms with Gasteiger partial charge in [0.1, 0.15) is 18.3 Å². The number of hydrogen-bond donors (Lipinski definition) is 7. The number of carboxylic acid groups (broad SMARTS) is 1. The number of phosphoric ester groups is 1. The number of phosphoric acid groups is 1. The Balaban J connectivity index is 2.05. The third-order valence-corrected chi connectivity index (χ3v) is 5.02. The lowest BCUT2D eigenvalue weighted by atomic mass is 10.0. The number of carboxylic acids is 1. The van der Waals surface area contributed by atoms with E-state index in [0.717, 1.165) is 0 Å². The fourth-order valence-electron chi connectivity index (χ4n) is 3.07. The molecule has 2 aliphatic rings. The van der Waals surface area contributed by atoms with Crippen LogP contribution in [0.4, 0.5) is 4.79 Å².